The van der Waals surface area contributed by atoms with Crippen molar-refractivity contribution in [1.82, 2.24) is 10.2 Å². The second kappa shape index (κ2) is 2.73. The molecule has 2 aromatic rings. The van der Waals surface area contributed by atoms with Gasteiger partial charge in [0.05, 0.1) is 6.26 Å². The number of aromatic nitrogens is 2. The lowest BCUT2D eigenvalue weighted by atomic mass is 10.2. The molecule has 0 unspecified atom stereocenters. The summed E-state index contributed by atoms with van der Waals surface area (Å²) in [5, 5.41) is 6.70. The molecule has 4 heteroatoms. The van der Waals surface area contributed by atoms with Crippen LogP contribution >= 0.6 is 0 Å². The van der Waals surface area contributed by atoms with Crippen molar-refractivity contribution < 1.29 is 4.42 Å². The fraction of sp³-hybridized carbons (Fsp3) is 0.125. The first-order valence-corrected chi connectivity index (χ1v) is 3.66. The zero-order valence-electron chi connectivity index (χ0n) is 6.45. The number of nitrogen functional groups attached to an aromatic ring is 1. The molecule has 0 saturated heterocycles. The molecule has 4 nitrogen and oxygen atoms in total. The third-order valence-electron chi connectivity index (χ3n) is 1.63. The maximum atomic E-state index is 5.42. The van der Waals surface area contributed by atoms with Gasteiger partial charge in [0.25, 0.3) is 0 Å². The van der Waals surface area contributed by atoms with Crippen molar-refractivity contribution in [1.29, 1.82) is 0 Å². The number of anilines is 1. The fourth-order valence-electron chi connectivity index (χ4n) is 1.09. The molecule has 12 heavy (non-hydrogen) atoms. The van der Waals surface area contributed by atoms with E-state index in [1.54, 1.807) is 18.5 Å². The average molecular weight is 163 g/mol. The molecule has 62 valence electrons. The number of nitrogens with two attached hydrogens (primary N) is 1. The van der Waals surface area contributed by atoms with Crippen LogP contribution in [0.3, 0.4) is 0 Å². The summed E-state index contributed by atoms with van der Waals surface area (Å²) in [6, 6.07) is 3.73. The summed E-state index contributed by atoms with van der Waals surface area (Å²) in [5.74, 6) is 0.449. The van der Waals surface area contributed by atoms with Crippen molar-refractivity contribution in [3.8, 4) is 0 Å². The highest BCUT2D eigenvalue weighted by molar-refractivity contribution is 5.30. The van der Waals surface area contributed by atoms with Gasteiger partial charge in [-0.1, -0.05) is 0 Å². The van der Waals surface area contributed by atoms with Crippen molar-refractivity contribution in [2.75, 3.05) is 5.73 Å². The van der Waals surface area contributed by atoms with Gasteiger partial charge in [-0.2, -0.15) is 5.10 Å². The van der Waals surface area contributed by atoms with E-state index in [1.165, 1.54) is 0 Å². The Hall–Kier alpha value is -1.71. The molecule has 3 N–H and O–H groups in total. The average Bonchev–Trinajstić information content (AvgIpc) is 2.63. The van der Waals surface area contributed by atoms with Gasteiger partial charge in [-0.15, -0.1) is 0 Å². The molecule has 0 saturated carbocycles. The third kappa shape index (κ3) is 1.32. The largest absolute Gasteiger partial charge is 0.449 e. The van der Waals surface area contributed by atoms with Crippen LogP contribution in [-0.4, -0.2) is 10.2 Å². The molecule has 0 aliphatic rings. The van der Waals surface area contributed by atoms with Gasteiger partial charge < -0.3 is 10.2 Å². The van der Waals surface area contributed by atoms with E-state index in [0.717, 1.165) is 17.7 Å². The molecule has 0 radical (unpaired) electrons. The molecular weight excluding hydrogens is 154 g/mol. The number of H-pyrrole nitrogens is 1. The van der Waals surface area contributed by atoms with Crippen LogP contribution in [0.2, 0.25) is 0 Å². The van der Waals surface area contributed by atoms with E-state index in [-0.39, 0.29) is 0 Å². The molecule has 2 rings (SSSR count). The normalized spacial score (nSPS) is 10.3. The summed E-state index contributed by atoms with van der Waals surface area (Å²) < 4.78 is 4.96. The van der Waals surface area contributed by atoms with Gasteiger partial charge in [0.1, 0.15) is 0 Å². The SMILES string of the molecule is Nc1cc(Cc2ccn[nH]2)co1. The Labute approximate surface area is 69.4 Å². The Kier molecular flexibility index (Phi) is 1.59. The fourth-order valence-corrected chi connectivity index (χ4v) is 1.09. The predicted molar refractivity (Wildman–Crippen MR) is 44.5 cm³/mol. The molecule has 2 aromatic heterocycles. The van der Waals surface area contributed by atoms with Gasteiger partial charge in [0.15, 0.2) is 5.88 Å². The van der Waals surface area contributed by atoms with E-state index in [4.69, 9.17) is 10.2 Å². The number of hydrogen-bond acceptors (Lipinski definition) is 3. The summed E-state index contributed by atoms with van der Waals surface area (Å²) in [7, 11) is 0. The van der Waals surface area contributed by atoms with E-state index in [9.17, 15) is 0 Å². The molecule has 2 heterocycles. The van der Waals surface area contributed by atoms with Crippen LogP contribution < -0.4 is 5.73 Å². The number of furan rings is 1. The molecule has 0 spiro atoms. The smallest absolute Gasteiger partial charge is 0.190 e. The summed E-state index contributed by atoms with van der Waals surface area (Å²) in [6.45, 7) is 0. The highest BCUT2D eigenvalue weighted by atomic mass is 16.3. The Bertz CT molecular complexity index is 350. The summed E-state index contributed by atoms with van der Waals surface area (Å²) in [4.78, 5) is 0. The van der Waals surface area contributed by atoms with Gasteiger partial charge in [-0.3, -0.25) is 5.10 Å². The summed E-state index contributed by atoms with van der Waals surface area (Å²) in [6.07, 6.45) is 4.15. The van der Waals surface area contributed by atoms with Crippen LogP contribution in [0.4, 0.5) is 5.88 Å². The van der Waals surface area contributed by atoms with Crippen LogP contribution in [0.15, 0.2) is 29.0 Å². The molecule has 0 amide bonds. The van der Waals surface area contributed by atoms with Gasteiger partial charge in [-0.25, -0.2) is 0 Å². The number of rotatable bonds is 2. The van der Waals surface area contributed by atoms with Crippen LogP contribution in [0.5, 0.6) is 0 Å². The monoisotopic (exact) mass is 163 g/mol. The Morgan fingerprint density at radius 3 is 3.08 bits per heavy atom. The van der Waals surface area contributed by atoms with Crippen LogP contribution in [-0.2, 0) is 6.42 Å². The van der Waals surface area contributed by atoms with Crippen LogP contribution in [0.1, 0.15) is 11.3 Å². The maximum Gasteiger partial charge on any atom is 0.190 e. The first-order chi connectivity index (χ1) is 5.84. The van der Waals surface area contributed by atoms with E-state index in [1.807, 2.05) is 6.07 Å². The van der Waals surface area contributed by atoms with Crippen molar-refractivity contribution >= 4 is 5.88 Å². The quantitative estimate of drug-likeness (QED) is 0.698. The van der Waals surface area contributed by atoms with Crippen molar-refractivity contribution in [3.63, 3.8) is 0 Å². The molecule has 0 fully saturated rings. The van der Waals surface area contributed by atoms with Gasteiger partial charge in [0.2, 0.25) is 0 Å². The first-order valence-electron chi connectivity index (χ1n) is 3.66. The Morgan fingerprint density at radius 2 is 2.50 bits per heavy atom. The van der Waals surface area contributed by atoms with E-state index in [0.29, 0.717) is 5.88 Å². The minimum atomic E-state index is 0.449. The van der Waals surface area contributed by atoms with Crippen molar-refractivity contribution in [2.45, 2.75) is 6.42 Å². The van der Waals surface area contributed by atoms with E-state index in [2.05, 4.69) is 10.2 Å². The standard InChI is InChI=1S/C8H9N3O/c9-8-4-6(5-12-8)3-7-1-2-10-11-7/h1-2,4-5H,3,9H2,(H,10,11). The molecular formula is C8H9N3O. The van der Waals surface area contributed by atoms with E-state index < -0.39 is 0 Å². The Morgan fingerprint density at radius 1 is 1.58 bits per heavy atom. The second-order valence-electron chi connectivity index (χ2n) is 2.62. The number of nitrogens with zero attached hydrogens (tertiary/aromatic N) is 1. The highest BCUT2D eigenvalue weighted by Gasteiger charge is 2.00. The zero-order valence-corrected chi connectivity index (χ0v) is 6.45. The predicted octanol–water partition coefficient (Wildman–Crippen LogP) is 1.18. The highest BCUT2D eigenvalue weighted by Crippen LogP contribution is 2.12. The Balaban J connectivity index is 2.14. The van der Waals surface area contributed by atoms with Gasteiger partial charge >= 0.3 is 0 Å². The van der Waals surface area contributed by atoms with Crippen molar-refractivity contribution in [3.05, 3.63) is 35.9 Å². The number of aromatic amines is 1. The van der Waals surface area contributed by atoms with Crippen LogP contribution in [0.25, 0.3) is 0 Å². The van der Waals surface area contributed by atoms with Crippen molar-refractivity contribution in [2.24, 2.45) is 0 Å². The number of hydrogen-bond donors (Lipinski definition) is 2. The minimum absolute atomic E-state index is 0.449. The lowest BCUT2D eigenvalue weighted by Gasteiger charge is -1.89. The van der Waals surface area contributed by atoms with Gasteiger partial charge in [0, 0.05) is 24.4 Å². The molecule has 0 bridgehead atoms. The lowest BCUT2D eigenvalue weighted by Crippen LogP contribution is -1.85. The molecule has 0 atom stereocenters. The second-order valence-corrected chi connectivity index (χ2v) is 2.62. The lowest BCUT2D eigenvalue weighted by molar-refractivity contribution is 0.584. The maximum absolute atomic E-state index is 5.42. The molecule has 0 aliphatic carbocycles. The summed E-state index contributed by atoms with van der Waals surface area (Å²) in [5.41, 5.74) is 7.52. The first kappa shape index (κ1) is 6.97. The topological polar surface area (TPSA) is 67.8 Å². The van der Waals surface area contributed by atoms with Gasteiger partial charge in [-0.05, 0) is 11.6 Å². The van der Waals surface area contributed by atoms with Crippen LogP contribution in [0, 0.1) is 0 Å². The molecule has 0 aromatic carbocycles. The van der Waals surface area contributed by atoms with E-state index >= 15 is 0 Å². The zero-order chi connectivity index (χ0) is 8.39. The minimum Gasteiger partial charge on any atom is -0.449 e. The third-order valence-corrected chi connectivity index (χ3v) is 1.63. The summed E-state index contributed by atoms with van der Waals surface area (Å²) >= 11 is 0. The number of nitrogens with one attached hydrogen (secondary N) is 1. The molecule has 0 aliphatic heterocycles.